The third-order valence-electron chi connectivity index (χ3n) is 3.60. The molecule has 0 saturated carbocycles. The van der Waals surface area contributed by atoms with Crippen molar-refractivity contribution in [1.82, 2.24) is 4.98 Å². The van der Waals surface area contributed by atoms with Crippen molar-refractivity contribution in [3.05, 3.63) is 45.9 Å². The molecule has 1 aromatic carbocycles. The summed E-state index contributed by atoms with van der Waals surface area (Å²) < 4.78 is 0. The van der Waals surface area contributed by atoms with Gasteiger partial charge in [-0.1, -0.05) is 26.0 Å². The van der Waals surface area contributed by atoms with E-state index in [9.17, 15) is 0 Å². The van der Waals surface area contributed by atoms with Crippen molar-refractivity contribution in [3.8, 4) is 0 Å². The van der Waals surface area contributed by atoms with E-state index in [-0.39, 0.29) is 0 Å². The van der Waals surface area contributed by atoms with Crippen molar-refractivity contribution in [2.75, 3.05) is 5.32 Å². The summed E-state index contributed by atoms with van der Waals surface area (Å²) >= 11 is 1.60. The van der Waals surface area contributed by atoms with Gasteiger partial charge in [0.15, 0.2) is 5.96 Å². The second kappa shape index (κ2) is 7.22. The minimum atomic E-state index is 0.430. The second-order valence-corrected chi connectivity index (χ2v) is 6.06. The van der Waals surface area contributed by atoms with Crippen LogP contribution in [0.2, 0.25) is 0 Å². The number of nitrogens with two attached hydrogens (primary N) is 1. The zero-order valence-electron chi connectivity index (χ0n) is 12.8. The summed E-state index contributed by atoms with van der Waals surface area (Å²) in [5.74, 6) is 1.01. The summed E-state index contributed by atoms with van der Waals surface area (Å²) in [4.78, 5) is 9.70. The molecule has 5 heteroatoms. The van der Waals surface area contributed by atoms with Crippen molar-refractivity contribution in [3.63, 3.8) is 0 Å². The highest BCUT2D eigenvalue weighted by Gasteiger charge is 2.03. The van der Waals surface area contributed by atoms with Gasteiger partial charge in [0.25, 0.3) is 0 Å². The number of thiazole rings is 1. The van der Waals surface area contributed by atoms with E-state index in [1.807, 2.05) is 24.6 Å². The van der Waals surface area contributed by atoms with E-state index in [0.29, 0.717) is 18.4 Å². The Kier molecular flexibility index (Phi) is 5.33. The number of aliphatic imine (C=N–C) groups is 1. The molecule has 21 heavy (non-hydrogen) atoms. The third kappa shape index (κ3) is 4.29. The van der Waals surface area contributed by atoms with Gasteiger partial charge in [-0.25, -0.2) is 9.98 Å². The lowest BCUT2D eigenvalue weighted by Gasteiger charge is -2.10. The predicted molar refractivity (Wildman–Crippen MR) is 90.9 cm³/mol. The standard InChI is InChI=1S/C16H22N4S/c1-4-11(2)13-5-7-14(8-6-13)20-16(17)18-9-15-12(3)19-10-21-15/h5-8,10-11H,4,9H2,1-3H3,(H3,17,18,20). The monoisotopic (exact) mass is 302 g/mol. The van der Waals surface area contributed by atoms with Gasteiger partial charge >= 0.3 is 0 Å². The van der Waals surface area contributed by atoms with Crippen molar-refractivity contribution in [1.29, 1.82) is 0 Å². The summed E-state index contributed by atoms with van der Waals surface area (Å²) in [6, 6.07) is 8.36. The third-order valence-corrected chi connectivity index (χ3v) is 4.52. The van der Waals surface area contributed by atoms with Crippen LogP contribution < -0.4 is 11.1 Å². The van der Waals surface area contributed by atoms with Gasteiger partial charge in [0.2, 0.25) is 0 Å². The molecule has 4 nitrogen and oxygen atoms in total. The first-order chi connectivity index (χ1) is 10.1. The number of aromatic nitrogens is 1. The highest BCUT2D eigenvalue weighted by molar-refractivity contribution is 7.09. The molecule has 1 unspecified atom stereocenters. The minimum Gasteiger partial charge on any atom is -0.370 e. The zero-order chi connectivity index (χ0) is 15.2. The van der Waals surface area contributed by atoms with Gasteiger partial charge in [0, 0.05) is 10.6 Å². The molecule has 3 N–H and O–H groups in total. The number of aryl methyl sites for hydroxylation is 1. The number of hydrogen-bond acceptors (Lipinski definition) is 3. The van der Waals surface area contributed by atoms with Crippen LogP contribution in [0.15, 0.2) is 34.8 Å². The van der Waals surface area contributed by atoms with E-state index in [1.165, 1.54) is 5.56 Å². The quantitative estimate of drug-likeness (QED) is 0.650. The van der Waals surface area contributed by atoms with Gasteiger partial charge in [0.05, 0.1) is 17.7 Å². The Labute approximate surface area is 130 Å². The van der Waals surface area contributed by atoms with Crippen LogP contribution in [0.5, 0.6) is 0 Å². The first-order valence-corrected chi connectivity index (χ1v) is 8.04. The van der Waals surface area contributed by atoms with Crippen LogP contribution in [0.25, 0.3) is 0 Å². The normalized spacial score (nSPS) is 13.2. The molecule has 0 aliphatic rings. The number of nitrogens with zero attached hydrogens (tertiary/aromatic N) is 2. The summed E-state index contributed by atoms with van der Waals surface area (Å²) in [6.45, 7) is 6.98. The van der Waals surface area contributed by atoms with Gasteiger partial charge in [-0.3, -0.25) is 0 Å². The Morgan fingerprint density at radius 2 is 2.10 bits per heavy atom. The van der Waals surface area contributed by atoms with Crippen LogP contribution in [0, 0.1) is 6.92 Å². The Balaban J connectivity index is 1.96. The minimum absolute atomic E-state index is 0.430. The van der Waals surface area contributed by atoms with Crippen LogP contribution in [-0.2, 0) is 6.54 Å². The maximum absolute atomic E-state index is 5.92. The van der Waals surface area contributed by atoms with E-state index in [0.717, 1.165) is 22.7 Å². The molecule has 0 radical (unpaired) electrons. The Hall–Kier alpha value is -1.88. The fourth-order valence-corrected chi connectivity index (χ4v) is 2.65. The molecule has 0 aliphatic heterocycles. The maximum atomic E-state index is 5.92. The van der Waals surface area contributed by atoms with Crippen molar-refractivity contribution < 1.29 is 0 Å². The summed E-state index contributed by atoms with van der Waals surface area (Å²) in [5.41, 5.74) is 11.1. The van der Waals surface area contributed by atoms with E-state index < -0.39 is 0 Å². The average molecular weight is 302 g/mol. The highest BCUT2D eigenvalue weighted by atomic mass is 32.1. The van der Waals surface area contributed by atoms with Crippen LogP contribution in [0.4, 0.5) is 5.69 Å². The molecule has 2 aromatic rings. The number of hydrogen-bond donors (Lipinski definition) is 2. The SMILES string of the molecule is CCC(C)c1ccc(NC(N)=NCc2scnc2C)cc1. The molecule has 0 saturated heterocycles. The number of nitrogens with one attached hydrogen (secondary N) is 1. The van der Waals surface area contributed by atoms with Crippen molar-refractivity contribution in [2.24, 2.45) is 10.7 Å². The van der Waals surface area contributed by atoms with Crippen LogP contribution >= 0.6 is 11.3 Å². The van der Waals surface area contributed by atoms with Crippen LogP contribution in [0.1, 0.15) is 42.3 Å². The Morgan fingerprint density at radius 3 is 2.67 bits per heavy atom. The summed E-state index contributed by atoms with van der Waals surface area (Å²) in [7, 11) is 0. The summed E-state index contributed by atoms with van der Waals surface area (Å²) in [6.07, 6.45) is 1.14. The topological polar surface area (TPSA) is 63.3 Å². The Bertz CT molecular complexity index is 601. The van der Waals surface area contributed by atoms with E-state index >= 15 is 0 Å². The van der Waals surface area contributed by atoms with Gasteiger partial charge in [-0.2, -0.15) is 0 Å². The van der Waals surface area contributed by atoms with Gasteiger partial charge < -0.3 is 11.1 Å². The molecular formula is C16H22N4S. The molecule has 1 aromatic heterocycles. The van der Waals surface area contributed by atoms with Crippen LogP contribution in [0.3, 0.4) is 0 Å². The second-order valence-electron chi connectivity index (χ2n) is 5.12. The lowest BCUT2D eigenvalue weighted by molar-refractivity contribution is 0.734. The fraction of sp³-hybridized carbons (Fsp3) is 0.375. The molecule has 112 valence electrons. The molecular weight excluding hydrogens is 280 g/mol. The predicted octanol–water partition coefficient (Wildman–Crippen LogP) is 3.89. The first-order valence-electron chi connectivity index (χ1n) is 7.16. The van der Waals surface area contributed by atoms with Gasteiger partial charge in [0.1, 0.15) is 0 Å². The molecule has 2 rings (SSSR count). The highest BCUT2D eigenvalue weighted by Crippen LogP contribution is 2.20. The molecule has 0 spiro atoms. The largest absolute Gasteiger partial charge is 0.370 e. The number of guanidine groups is 1. The van der Waals surface area contributed by atoms with Crippen molar-refractivity contribution in [2.45, 2.75) is 39.7 Å². The number of rotatable bonds is 5. The van der Waals surface area contributed by atoms with Crippen molar-refractivity contribution >= 4 is 23.0 Å². The lowest BCUT2D eigenvalue weighted by atomic mass is 9.99. The van der Waals surface area contributed by atoms with E-state index in [4.69, 9.17) is 5.73 Å². The van der Waals surface area contributed by atoms with E-state index in [2.05, 4.69) is 41.3 Å². The molecule has 0 bridgehead atoms. The zero-order valence-corrected chi connectivity index (χ0v) is 13.6. The molecule has 0 aliphatic carbocycles. The first kappa shape index (κ1) is 15.5. The summed E-state index contributed by atoms with van der Waals surface area (Å²) in [5, 5.41) is 3.12. The van der Waals surface area contributed by atoms with Gasteiger partial charge in [-0.05, 0) is 37.0 Å². The van der Waals surface area contributed by atoms with Crippen LogP contribution in [-0.4, -0.2) is 10.9 Å². The maximum Gasteiger partial charge on any atom is 0.193 e. The lowest BCUT2D eigenvalue weighted by Crippen LogP contribution is -2.22. The molecule has 0 amide bonds. The average Bonchev–Trinajstić information content (AvgIpc) is 2.90. The Morgan fingerprint density at radius 1 is 1.38 bits per heavy atom. The molecule has 1 heterocycles. The number of benzene rings is 1. The van der Waals surface area contributed by atoms with Gasteiger partial charge in [-0.15, -0.1) is 11.3 Å². The number of anilines is 1. The molecule has 1 atom stereocenters. The fourth-order valence-electron chi connectivity index (χ4n) is 1.95. The smallest absolute Gasteiger partial charge is 0.193 e. The van der Waals surface area contributed by atoms with E-state index in [1.54, 1.807) is 11.3 Å². The molecule has 0 fully saturated rings.